The van der Waals surface area contributed by atoms with E-state index >= 15 is 0 Å². The van der Waals surface area contributed by atoms with Crippen molar-refractivity contribution >= 4 is 10.1 Å². The van der Waals surface area contributed by atoms with Crippen molar-refractivity contribution in [2.75, 3.05) is 13.2 Å². The Balaban J connectivity index is 1.58. The zero-order chi connectivity index (χ0) is 15.5. The van der Waals surface area contributed by atoms with E-state index in [-0.39, 0.29) is 12.5 Å². The molecule has 4 saturated carbocycles. The van der Waals surface area contributed by atoms with E-state index in [0.29, 0.717) is 17.3 Å². The average molecular weight is 324 g/mol. The van der Waals surface area contributed by atoms with E-state index < -0.39 is 22.0 Å². The lowest BCUT2D eigenvalue weighted by Gasteiger charge is -2.59. The van der Waals surface area contributed by atoms with Crippen LogP contribution in [0.5, 0.6) is 0 Å². The van der Waals surface area contributed by atoms with Crippen molar-refractivity contribution in [2.45, 2.75) is 44.3 Å². The predicted molar refractivity (Wildman–Crippen MR) is 72.5 cm³/mol. The maximum atomic E-state index is 13.1. The number of hydrogen-bond acceptors (Lipinski definition) is 3. The molecule has 4 aliphatic carbocycles. The largest absolute Gasteiger partial charge is 0.392 e. The van der Waals surface area contributed by atoms with Crippen molar-refractivity contribution in [1.29, 1.82) is 0 Å². The summed E-state index contributed by atoms with van der Waals surface area (Å²) >= 11 is 0. The molecule has 0 saturated heterocycles. The van der Waals surface area contributed by atoms with Gasteiger partial charge in [-0.1, -0.05) is 6.92 Å². The van der Waals surface area contributed by atoms with E-state index in [4.69, 9.17) is 9.29 Å². The second kappa shape index (κ2) is 4.86. The highest BCUT2D eigenvalue weighted by Crippen LogP contribution is 2.62. The molecule has 0 amide bonds. The second-order valence-electron chi connectivity index (χ2n) is 7.57. The molecule has 0 radical (unpaired) electrons. The first-order valence-corrected chi connectivity index (χ1v) is 8.96. The van der Waals surface area contributed by atoms with E-state index in [1.165, 1.54) is 6.42 Å². The number of hydrogen-bond donors (Lipinski definition) is 1. The van der Waals surface area contributed by atoms with Crippen molar-refractivity contribution < 1.29 is 26.5 Å². The minimum atomic E-state index is -5.39. The summed E-state index contributed by atoms with van der Waals surface area (Å²) in [5.41, 5.74) is 0.408. The van der Waals surface area contributed by atoms with Crippen LogP contribution in [-0.4, -0.2) is 31.4 Å². The third-order valence-corrected chi connectivity index (χ3v) is 6.61. The highest BCUT2D eigenvalue weighted by Gasteiger charge is 2.53. The van der Waals surface area contributed by atoms with Crippen LogP contribution in [0.4, 0.5) is 8.78 Å². The number of alkyl halides is 2. The summed E-state index contributed by atoms with van der Waals surface area (Å²) in [5, 5.41) is -4.22. The summed E-state index contributed by atoms with van der Waals surface area (Å²) in [4.78, 5) is 0. The van der Waals surface area contributed by atoms with Crippen molar-refractivity contribution in [2.24, 2.45) is 29.1 Å². The fraction of sp³-hybridized carbons (Fsp3) is 1.00. The average Bonchev–Trinajstić information content (AvgIpc) is 2.29. The molecule has 7 heteroatoms. The molecule has 2 unspecified atom stereocenters. The minimum absolute atomic E-state index is 0.170. The van der Waals surface area contributed by atoms with Crippen LogP contribution in [0.25, 0.3) is 0 Å². The SMILES string of the molecule is CC12CC3CC(C1)C(COCC(F)(F)S(=O)(=O)O)C(C3)C2. The maximum Gasteiger partial charge on any atom is 0.392 e. The molecule has 4 fully saturated rings. The van der Waals surface area contributed by atoms with Crippen LogP contribution in [0.15, 0.2) is 0 Å². The molecule has 0 aromatic heterocycles. The Morgan fingerprint density at radius 2 is 1.81 bits per heavy atom. The quantitative estimate of drug-likeness (QED) is 0.790. The first kappa shape index (κ1) is 15.6. The normalized spacial score (nSPS) is 42.5. The third kappa shape index (κ3) is 2.84. The van der Waals surface area contributed by atoms with Gasteiger partial charge in [-0.25, -0.2) is 0 Å². The van der Waals surface area contributed by atoms with Crippen molar-refractivity contribution in [3.8, 4) is 0 Å². The standard InChI is InChI=1S/C14H22F2O4S/c1-13-4-9-2-10(5-13)12(11(3-9)6-13)7-20-8-14(15,16)21(17,18)19/h9-12H,2-8H2,1H3,(H,17,18,19). The van der Waals surface area contributed by atoms with Crippen LogP contribution in [-0.2, 0) is 14.9 Å². The van der Waals surface area contributed by atoms with Gasteiger partial charge in [-0.2, -0.15) is 17.2 Å². The molecule has 4 nitrogen and oxygen atoms in total. The molecule has 4 rings (SSSR count). The van der Waals surface area contributed by atoms with E-state index in [1.807, 2.05) is 0 Å². The summed E-state index contributed by atoms with van der Waals surface area (Å²) in [6.07, 6.45) is 5.84. The topological polar surface area (TPSA) is 63.6 Å². The molecule has 21 heavy (non-hydrogen) atoms. The zero-order valence-corrected chi connectivity index (χ0v) is 12.9. The molecule has 0 aromatic rings. The lowest BCUT2D eigenvalue weighted by molar-refractivity contribution is -0.120. The lowest BCUT2D eigenvalue weighted by atomic mass is 9.47. The van der Waals surface area contributed by atoms with Gasteiger partial charge in [-0.3, -0.25) is 4.55 Å². The Hall–Kier alpha value is -0.270. The molecular weight excluding hydrogens is 302 g/mol. The van der Waals surface area contributed by atoms with Gasteiger partial charge >= 0.3 is 15.4 Å². The predicted octanol–water partition coefficient (Wildman–Crippen LogP) is 2.95. The van der Waals surface area contributed by atoms with Gasteiger partial charge in [-0.05, 0) is 61.2 Å². The van der Waals surface area contributed by atoms with E-state index in [1.54, 1.807) is 0 Å². The monoisotopic (exact) mass is 324 g/mol. The van der Waals surface area contributed by atoms with Gasteiger partial charge in [-0.15, -0.1) is 0 Å². The van der Waals surface area contributed by atoms with Gasteiger partial charge in [0, 0.05) is 0 Å². The van der Waals surface area contributed by atoms with Crippen molar-refractivity contribution in [3.05, 3.63) is 0 Å². The van der Waals surface area contributed by atoms with E-state index in [2.05, 4.69) is 6.92 Å². The molecule has 0 aromatic carbocycles. The van der Waals surface area contributed by atoms with E-state index in [0.717, 1.165) is 31.6 Å². The van der Waals surface area contributed by atoms with Crippen molar-refractivity contribution in [1.82, 2.24) is 0 Å². The van der Waals surface area contributed by atoms with Gasteiger partial charge in [0.2, 0.25) is 0 Å². The molecule has 2 atom stereocenters. The van der Waals surface area contributed by atoms with Crippen LogP contribution < -0.4 is 0 Å². The molecule has 0 spiro atoms. The van der Waals surface area contributed by atoms with Crippen LogP contribution in [0.1, 0.15) is 39.0 Å². The fourth-order valence-electron chi connectivity index (χ4n) is 5.20. The van der Waals surface area contributed by atoms with Gasteiger partial charge in [0.25, 0.3) is 0 Å². The lowest BCUT2D eigenvalue weighted by Crippen LogP contribution is -2.51. The Morgan fingerprint density at radius 3 is 2.29 bits per heavy atom. The molecular formula is C14H22F2O4S. The van der Waals surface area contributed by atoms with E-state index in [9.17, 15) is 17.2 Å². The Labute approximate surface area is 124 Å². The Bertz CT molecular complexity index is 503. The molecule has 4 bridgehead atoms. The summed E-state index contributed by atoms with van der Waals surface area (Å²) in [7, 11) is -5.39. The second-order valence-corrected chi connectivity index (χ2v) is 9.12. The summed E-state index contributed by atoms with van der Waals surface area (Å²) in [6, 6.07) is 0. The summed E-state index contributed by atoms with van der Waals surface area (Å²) in [5.74, 6) is 2.05. The van der Waals surface area contributed by atoms with Gasteiger partial charge in [0.15, 0.2) is 0 Å². The highest BCUT2D eigenvalue weighted by atomic mass is 32.2. The van der Waals surface area contributed by atoms with Gasteiger partial charge in [0.1, 0.15) is 6.61 Å². The first-order valence-electron chi connectivity index (χ1n) is 7.52. The van der Waals surface area contributed by atoms with Crippen molar-refractivity contribution in [3.63, 3.8) is 0 Å². The number of ether oxygens (including phenoxy) is 1. The number of rotatable bonds is 5. The van der Waals surface area contributed by atoms with Crippen LogP contribution >= 0.6 is 0 Å². The highest BCUT2D eigenvalue weighted by molar-refractivity contribution is 7.86. The molecule has 1 N–H and O–H groups in total. The first-order chi connectivity index (χ1) is 9.60. The molecule has 0 heterocycles. The molecule has 122 valence electrons. The Morgan fingerprint density at radius 1 is 1.24 bits per heavy atom. The van der Waals surface area contributed by atoms with Crippen LogP contribution in [0.3, 0.4) is 0 Å². The number of halogens is 2. The van der Waals surface area contributed by atoms with Crippen LogP contribution in [0, 0.1) is 29.1 Å². The molecule has 0 aliphatic heterocycles. The van der Waals surface area contributed by atoms with Crippen LogP contribution in [0.2, 0.25) is 0 Å². The van der Waals surface area contributed by atoms with Gasteiger partial charge < -0.3 is 4.74 Å². The zero-order valence-electron chi connectivity index (χ0n) is 12.1. The Kier molecular flexibility index (Phi) is 3.62. The molecule has 4 aliphatic rings. The summed E-state index contributed by atoms with van der Waals surface area (Å²) in [6.45, 7) is 1.23. The minimum Gasteiger partial charge on any atom is -0.374 e. The smallest absolute Gasteiger partial charge is 0.374 e. The van der Waals surface area contributed by atoms with Gasteiger partial charge in [0.05, 0.1) is 6.61 Å². The third-order valence-electron chi connectivity index (χ3n) is 5.73. The summed E-state index contributed by atoms with van der Waals surface area (Å²) < 4.78 is 60.8. The maximum absolute atomic E-state index is 13.1. The fourth-order valence-corrected chi connectivity index (χ4v) is 5.43.